The summed E-state index contributed by atoms with van der Waals surface area (Å²) in [6.45, 7) is 4.16. The van der Waals surface area contributed by atoms with Crippen molar-refractivity contribution in [3.05, 3.63) is 28.8 Å². The van der Waals surface area contributed by atoms with E-state index in [-0.39, 0.29) is 5.91 Å². The second-order valence-electron chi connectivity index (χ2n) is 5.10. The number of rotatable bonds is 6. The Bertz CT molecular complexity index is 458. The number of hydrogen-bond acceptors (Lipinski definition) is 3. The molecule has 4 nitrogen and oxygen atoms in total. The Balaban J connectivity index is 1.80. The fraction of sp³-hybridized carbons (Fsp3) is 0.533. The molecule has 1 amide bonds. The molecule has 0 radical (unpaired) electrons. The van der Waals surface area contributed by atoms with Crippen LogP contribution in [0.5, 0.6) is 0 Å². The molecule has 1 aromatic carbocycles. The van der Waals surface area contributed by atoms with Gasteiger partial charge in [0, 0.05) is 24.3 Å². The smallest absolute Gasteiger partial charge is 0.253 e. The van der Waals surface area contributed by atoms with E-state index in [1.54, 1.807) is 19.2 Å². The number of nitrogens with one attached hydrogen (secondary N) is 2. The Morgan fingerprint density at radius 2 is 2.10 bits per heavy atom. The first-order valence-electron chi connectivity index (χ1n) is 7.18. The van der Waals surface area contributed by atoms with E-state index in [9.17, 15) is 4.79 Å². The maximum atomic E-state index is 12.1. The lowest BCUT2D eigenvalue weighted by Gasteiger charge is -2.15. The highest BCUT2D eigenvalue weighted by Gasteiger charge is 2.12. The molecule has 0 bridgehead atoms. The average molecular weight is 296 g/mol. The second-order valence-corrected chi connectivity index (χ2v) is 5.53. The first-order valence-corrected chi connectivity index (χ1v) is 7.56. The summed E-state index contributed by atoms with van der Waals surface area (Å²) >= 11 is 5.95. The van der Waals surface area contributed by atoms with Crippen molar-refractivity contribution in [2.24, 2.45) is 0 Å². The molecule has 1 aliphatic rings. The number of carbonyl (C=O) groups is 1. The van der Waals surface area contributed by atoms with E-state index in [2.05, 4.69) is 15.5 Å². The van der Waals surface area contributed by atoms with Gasteiger partial charge in [-0.3, -0.25) is 4.79 Å². The molecule has 0 unspecified atom stereocenters. The number of hydrogen-bond donors (Lipinski definition) is 2. The first kappa shape index (κ1) is 15.1. The van der Waals surface area contributed by atoms with Crippen molar-refractivity contribution in [1.29, 1.82) is 0 Å². The Kier molecular flexibility index (Phi) is 5.68. The predicted octanol–water partition coefficient (Wildman–Crippen LogP) is 2.60. The minimum Gasteiger partial charge on any atom is -0.387 e. The maximum absolute atomic E-state index is 12.1. The Morgan fingerprint density at radius 1 is 1.35 bits per heavy atom. The Labute approximate surface area is 125 Å². The number of benzene rings is 1. The molecule has 1 fully saturated rings. The van der Waals surface area contributed by atoms with Crippen LogP contribution in [0.1, 0.15) is 29.6 Å². The monoisotopic (exact) mass is 295 g/mol. The lowest BCUT2D eigenvalue weighted by Crippen LogP contribution is -2.29. The molecular weight excluding hydrogens is 274 g/mol. The van der Waals surface area contributed by atoms with E-state index >= 15 is 0 Å². The van der Waals surface area contributed by atoms with Gasteiger partial charge in [-0.15, -0.1) is 0 Å². The normalized spacial score (nSPS) is 15.3. The molecule has 0 aliphatic carbocycles. The van der Waals surface area contributed by atoms with Crippen LogP contribution >= 0.6 is 11.6 Å². The van der Waals surface area contributed by atoms with Crippen molar-refractivity contribution in [3.8, 4) is 0 Å². The fourth-order valence-electron chi connectivity index (χ4n) is 2.53. The van der Waals surface area contributed by atoms with Crippen LogP contribution < -0.4 is 10.6 Å². The third-order valence-corrected chi connectivity index (χ3v) is 3.87. The van der Waals surface area contributed by atoms with Crippen molar-refractivity contribution in [1.82, 2.24) is 10.2 Å². The molecule has 2 N–H and O–H groups in total. The van der Waals surface area contributed by atoms with Crippen LogP contribution in [0, 0.1) is 0 Å². The van der Waals surface area contributed by atoms with Gasteiger partial charge in [-0.05, 0) is 57.1 Å². The van der Waals surface area contributed by atoms with Crippen LogP contribution in [0.4, 0.5) is 5.69 Å². The number of amides is 1. The van der Waals surface area contributed by atoms with E-state index in [1.165, 1.54) is 25.9 Å². The highest BCUT2D eigenvalue weighted by molar-refractivity contribution is 6.31. The molecule has 1 aromatic rings. The molecule has 5 heteroatoms. The summed E-state index contributed by atoms with van der Waals surface area (Å²) < 4.78 is 0. The lowest BCUT2D eigenvalue weighted by molar-refractivity contribution is 0.0953. The van der Waals surface area contributed by atoms with Gasteiger partial charge >= 0.3 is 0 Å². The van der Waals surface area contributed by atoms with Gasteiger partial charge in [0.1, 0.15) is 0 Å². The summed E-state index contributed by atoms with van der Waals surface area (Å²) in [6.07, 6.45) is 3.60. The van der Waals surface area contributed by atoms with Gasteiger partial charge in [0.05, 0.1) is 5.56 Å². The summed E-state index contributed by atoms with van der Waals surface area (Å²) in [6, 6.07) is 5.29. The van der Waals surface area contributed by atoms with Crippen molar-refractivity contribution >= 4 is 23.2 Å². The largest absolute Gasteiger partial charge is 0.387 e. The zero-order valence-corrected chi connectivity index (χ0v) is 12.7. The van der Waals surface area contributed by atoms with Gasteiger partial charge < -0.3 is 15.5 Å². The molecule has 0 aromatic heterocycles. The van der Waals surface area contributed by atoms with E-state index < -0.39 is 0 Å². The van der Waals surface area contributed by atoms with Gasteiger partial charge in [-0.25, -0.2) is 0 Å². The third-order valence-electron chi connectivity index (χ3n) is 3.63. The van der Waals surface area contributed by atoms with Gasteiger partial charge in [0.2, 0.25) is 0 Å². The number of anilines is 1. The molecular formula is C15H22ClN3O. The number of likely N-dealkylation sites (tertiary alicyclic amines) is 1. The molecule has 1 aliphatic heterocycles. The molecule has 0 atom stereocenters. The Morgan fingerprint density at radius 3 is 2.80 bits per heavy atom. The second kappa shape index (κ2) is 7.50. The van der Waals surface area contributed by atoms with Gasteiger partial charge in [-0.1, -0.05) is 11.6 Å². The molecule has 20 heavy (non-hydrogen) atoms. The minimum atomic E-state index is -0.0710. The molecule has 0 saturated carbocycles. The van der Waals surface area contributed by atoms with Crippen molar-refractivity contribution in [3.63, 3.8) is 0 Å². The van der Waals surface area contributed by atoms with Crippen molar-refractivity contribution < 1.29 is 4.79 Å². The predicted molar refractivity (Wildman–Crippen MR) is 83.6 cm³/mol. The molecule has 110 valence electrons. The number of halogens is 1. The van der Waals surface area contributed by atoms with E-state index in [0.717, 1.165) is 18.7 Å². The van der Waals surface area contributed by atoms with Crippen LogP contribution in [0.3, 0.4) is 0 Å². The Hall–Kier alpha value is -1.26. The van der Waals surface area contributed by atoms with Crippen LogP contribution in [-0.4, -0.2) is 44.0 Å². The summed E-state index contributed by atoms with van der Waals surface area (Å²) in [5, 5.41) is 6.55. The van der Waals surface area contributed by atoms with Crippen molar-refractivity contribution in [2.75, 3.05) is 38.5 Å². The molecule has 0 spiro atoms. The average Bonchev–Trinajstić information content (AvgIpc) is 2.96. The van der Waals surface area contributed by atoms with Gasteiger partial charge in [0.25, 0.3) is 5.91 Å². The highest BCUT2D eigenvalue weighted by Crippen LogP contribution is 2.20. The quantitative estimate of drug-likeness (QED) is 0.793. The fourth-order valence-corrected chi connectivity index (χ4v) is 2.70. The van der Waals surface area contributed by atoms with Crippen LogP contribution in [-0.2, 0) is 0 Å². The van der Waals surface area contributed by atoms with E-state index in [0.29, 0.717) is 17.1 Å². The first-order chi connectivity index (χ1) is 9.70. The zero-order chi connectivity index (χ0) is 14.4. The van der Waals surface area contributed by atoms with Gasteiger partial charge in [-0.2, -0.15) is 0 Å². The SMILES string of the molecule is CNc1ccc(Cl)cc1C(=O)NCCCN1CCCC1. The topological polar surface area (TPSA) is 44.4 Å². The maximum Gasteiger partial charge on any atom is 0.253 e. The zero-order valence-electron chi connectivity index (χ0n) is 11.9. The van der Waals surface area contributed by atoms with Gasteiger partial charge in [0.15, 0.2) is 0 Å². The van der Waals surface area contributed by atoms with E-state index in [4.69, 9.17) is 11.6 Å². The summed E-state index contributed by atoms with van der Waals surface area (Å²) in [4.78, 5) is 14.6. The highest BCUT2D eigenvalue weighted by atomic mass is 35.5. The van der Waals surface area contributed by atoms with Crippen LogP contribution in [0.2, 0.25) is 5.02 Å². The number of nitrogens with zero attached hydrogens (tertiary/aromatic N) is 1. The summed E-state index contributed by atoms with van der Waals surface area (Å²) in [5.41, 5.74) is 1.40. The standard InChI is InChI=1S/C15H22ClN3O/c1-17-14-6-5-12(16)11-13(14)15(20)18-7-4-10-19-8-2-3-9-19/h5-6,11,17H,2-4,7-10H2,1H3,(H,18,20). The summed E-state index contributed by atoms with van der Waals surface area (Å²) in [7, 11) is 1.80. The third kappa shape index (κ3) is 4.12. The molecule has 1 heterocycles. The molecule has 1 saturated heterocycles. The minimum absolute atomic E-state index is 0.0710. The van der Waals surface area contributed by atoms with E-state index in [1.807, 2.05) is 6.07 Å². The lowest BCUT2D eigenvalue weighted by atomic mass is 10.1. The van der Waals surface area contributed by atoms with Crippen molar-refractivity contribution in [2.45, 2.75) is 19.3 Å². The number of carbonyl (C=O) groups excluding carboxylic acids is 1. The summed E-state index contributed by atoms with van der Waals surface area (Å²) in [5.74, 6) is -0.0710. The van der Waals surface area contributed by atoms with Crippen LogP contribution in [0.25, 0.3) is 0 Å². The molecule has 2 rings (SSSR count). The van der Waals surface area contributed by atoms with Crippen LogP contribution in [0.15, 0.2) is 18.2 Å².